The van der Waals surface area contributed by atoms with Gasteiger partial charge in [0.2, 0.25) is 0 Å². The highest BCUT2D eigenvalue weighted by atomic mass is 16.3. The second-order valence-electron chi connectivity index (χ2n) is 5.38. The van der Waals surface area contributed by atoms with E-state index in [0.717, 1.165) is 5.56 Å². The molecule has 0 bridgehead atoms. The predicted molar refractivity (Wildman–Crippen MR) is 84.0 cm³/mol. The predicted octanol–water partition coefficient (Wildman–Crippen LogP) is 2.06. The molecular formula is C17H21NO4. The summed E-state index contributed by atoms with van der Waals surface area (Å²) < 4.78 is 0. The first kappa shape index (κ1) is 16.1. The molecule has 0 spiro atoms. The highest BCUT2D eigenvalue weighted by molar-refractivity contribution is 5.40. The van der Waals surface area contributed by atoms with Crippen molar-refractivity contribution in [1.82, 2.24) is 5.32 Å². The van der Waals surface area contributed by atoms with Gasteiger partial charge in [0.1, 0.15) is 17.2 Å². The Morgan fingerprint density at radius 3 is 2.23 bits per heavy atom. The van der Waals surface area contributed by atoms with Crippen LogP contribution in [0.5, 0.6) is 17.2 Å². The lowest BCUT2D eigenvalue weighted by Gasteiger charge is -2.23. The Hall–Kier alpha value is -2.24. The number of aliphatic hydroxyl groups excluding tert-OH is 1. The number of phenolic OH excluding ortho intramolecular Hbond substituents is 3. The van der Waals surface area contributed by atoms with Gasteiger partial charge in [-0.25, -0.2) is 0 Å². The molecule has 0 radical (unpaired) electrons. The van der Waals surface area contributed by atoms with E-state index >= 15 is 0 Å². The standard InChI is InChI=1S/C17H21NO4/c1-11(16-9-15(21)6-7-17(16)22)18-13(10-19)8-12-2-4-14(20)5-3-12/h2-7,9,11,13,18-22H,8,10H2,1H3. The average Bonchev–Trinajstić information content (AvgIpc) is 2.51. The third-order valence-corrected chi connectivity index (χ3v) is 3.60. The maximum absolute atomic E-state index is 9.87. The van der Waals surface area contributed by atoms with Crippen molar-refractivity contribution in [1.29, 1.82) is 0 Å². The van der Waals surface area contributed by atoms with Crippen LogP contribution >= 0.6 is 0 Å². The molecule has 0 saturated carbocycles. The van der Waals surface area contributed by atoms with Crippen molar-refractivity contribution in [2.45, 2.75) is 25.4 Å². The molecule has 5 heteroatoms. The largest absolute Gasteiger partial charge is 0.508 e. The first-order valence-electron chi connectivity index (χ1n) is 7.16. The molecule has 0 saturated heterocycles. The number of phenols is 3. The van der Waals surface area contributed by atoms with Crippen molar-refractivity contribution < 1.29 is 20.4 Å². The van der Waals surface area contributed by atoms with E-state index < -0.39 is 0 Å². The number of nitrogens with one attached hydrogen (secondary N) is 1. The smallest absolute Gasteiger partial charge is 0.120 e. The number of aromatic hydroxyl groups is 3. The molecule has 5 nitrogen and oxygen atoms in total. The van der Waals surface area contributed by atoms with Gasteiger partial charge >= 0.3 is 0 Å². The minimum atomic E-state index is -0.235. The summed E-state index contributed by atoms with van der Waals surface area (Å²) in [5, 5.41) is 41.4. The Labute approximate surface area is 129 Å². The van der Waals surface area contributed by atoms with E-state index in [-0.39, 0.29) is 35.9 Å². The van der Waals surface area contributed by atoms with Gasteiger partial charge in [0.05, 0.1) is 6.61 Å². The van der Waals surface area contributed by atoms with E-state index in [0.29, 0.717) is 12.0 Å². The fourth-order valence-electron chi connectivity index (χ4n) is 2.42. The number of hydrogen-bond donors (Lipinski definition) is 5. The van der Waals surface area contributed by atoms with Crippen LogP contribution in [0.2, 0.25) is 0 Å². The second kappa shape index (κ2) is 7.15. The molecule has 118 valence electrons. The summed E-state index contributed by atoms with van der Waals surface area (Å²) in [4.78, 5) is 0. The van der Waals surface area contributed by atoms with Crippen LogP contribution in [0.25, 0.3) is 0 Å². The zero-order valence-electron chi connectivity index (χ0n) is 12.4. The highest BCUT2D eigenvalue weighted by Crippen LogP contribution is 2.28. The van der Waals surface area contributed by atoms with Crippen LogP contribution in [0.3, 0.4) is 0 Å². The summed E-state index contributed by atoms with van der Waals surface area (Å²) in [7, 11) is 0. The van der Waals surface area contributed by atoms with E-state index in [1.807, 2.05) is 6.92 Å². The fourth-order valence-corrected chi connectivity index (χ4v) is 2.42. The lowest BCUT2D eigenvalue weighted by molar-refractivity contribution is 0.232. The summed E-state index contributed by atoms with van der Waals surface area (Å²) in [6.07, 6.45) is 0.584. The van der Waals surface area contributed by atoms with Crippen molar-refractivity contribution in [3.63, 3.8) is 0 Å². The molecular weight excluding hydrogens is 282 g/mol. The van der Waals surface area contributed by atoms with Gasteiger partial charge in [-0.3, -0.25) is 0 Å². The Kier molecular flexibility index (Phi) is 5.25. The van der Waals surface area contributed by atoms with Crippen LogP contribution in [0.4, 0.5) is 0 Å². The van der Waals surface area contributed by atoms with Crippen LogP contribution in [0.1, 0.15) is 24.1 Å². The van der Waals surface area contributed by atoms with Gasteiger partial charge in [0.25, 0.3) is 0 Å². The zero-order chi connectivity index (χ0) is 16.1. The molecule has 0 fully saturated rings. The van der Waals surface area contributed by atoms with Crippen molar-refractivity contribution in [3.8, 4) is 17.2 Å². The Morgan fingerprint density at radius 2 is 1.59 bits per heavy atom. The molecule has 2 aromatic carbocycles. The quantitative estimate of drug-likeness (QED) is 0.527. The molecule has 0 aliphatic carbocycles. The molecule has 0 aromatic heterocycles. The number of hydrogen-bond acceptors (Lipinski definition) is 5. The Bertz CT molecular complexity index is 613. The van der Waals surface area contributed by atoms with Gasteiger partial charge in [0, 0.05) is 17.6 Å². The normalized spacial score (nSPS) is 13.7. The summed E-state index contributed by atoms with van der Waals surface area (Å²) in [5.74, 6) is 0.384. The fraction of sp³-hybridized carbons (Fsp3) is 0.294. The Balaban J connectivity index is 2.05. The second-order valence-corrected chi connectivity index (χ2v) is 5.38. The van der Waals surface area contributed by atoms with Crippen LogP contribution < -0.4 is 5.32 Å². The average molecular weight is 303 g/mol. The molecule has 2 rings (SSSR count). The molecule has 2 aromatic rings. The van der Waals surface area contributed by atoms with Crippen LogP contribution in [-0.2, 0) is 6.42 Å². The van der Waals surface area contributed by atoms with Gasteiger partial charge in [-0.05, 0) is 49.2 Å². The van der Waals surface area contributed by atoms with Gasteiger partial charge in [-0.1, -0.05) is 12.1 Å². The van der Waals surface area contributed by atoms with Gasteiger partial charge in [0.15, 0.2) is 0 Å². The third kappa shape index (κ3) is 4.13. The molecule has 5 N–H and O–H groups in total. The van der Waals surface area contributed by atoms with E-state index in [1.165, 1.54) is 18.2 Å². The summed E-state index contributed by atoms with van der Waals surface area (Å²) in [6, 6.07) is 10.7. The highest BCUT2D eigenvalue weighted by Gasteiger charge is 2.16. The topological polar surface area (TPSA) is 93.0 Å². The lowest BCUT2D eigenvalue weighted by atomic mass is 10.0. The molecule has 0 amide bonds. The van der Waals surface area contributed by atoms with E-state index in [1.54, 1.807) is 24.3 Å². The van der Waals surface area contributed by atoms with E-state index in [9.17, 15) is 20.4 Å². The van der Waals surface area contributed by atoms with Gasteiger partial charge < -0.3 is 25.7 Å². The Morgan fingerprint density at radius 1 is 0.955 bits per heavy atom. The lowest BCUT2D eigenvalue weighted by Crippen LogP contribution is -2.36. The van der Waals surface area contributed by atoms with E-state index in [4.69, 9.17) is 0 Å². The summed E-state index contributed by atoms with van der Waals surface area (Å²) >= 11 is 0. The molecule has 2 atom stereocenters. The summed E-state index contributed by atoms with van der Waals surface area (Å²) in [5.41, 5.74) is 1.56. The van der Waals surface area contributed by atoms with Crippen molar-refractivity contribution in [2.75, 3.05) is 6.61 Å². The molecule has 22 heavy (non-hydrogen) atoms. The van der Waals surface area contributed by atoms with Crippen molar-refractivity contribution in [2.24, 2.45) is 0 Å². The van der Waals surface area contributed by atoms with Crippen molar-refractivity contribution in [3.05, 3.63) is 53.6 Å². The molecule has 0 aliphatic rings. The first-order valence-corrected chi connectivity index (χ1v) is 7.16. The zero-order valence-corrected chi connectivity index (χ0v) is 12.4. The van der Waals surface area contributed by atoms with Crippen LogP contribution in [-0.4, -0.2) is 33.1 Å². The van der Waals surface area contributed by atoms with Gasteiger partial charge in [-0.15, -0.1) is 0 Å². The van der Waals surface area contributed by atoms with Gasteiger partial charge in [-0.2, -0.15) is 0 Å². The molecule has 0 heterocycles. The first-order chi connectivity index (χ1) is 10.5. The maximum Gasteiger partial charge on any atom is 0.120 e. The number of aliphatic hydroxyl groups is 1. The van der Waals surface area contributed by atoms with Crippen LogP contribution in [0, 0.1) is 0 Å². The monoisotopic (exact) mass is 303 g/mol. The third-order valence-electron chi connectivity index (χ3n) is 3.60. The molecule has 2 unspecified atom stereocenters. The van der Waals surface area contributed by atoms with Crippen molar-refractivity contribution >= 4 is 0 Å². The number of rotatable bonds is 6. The minimum Gasteiger partial charge on any atom is -0.508 e. The molecule has 0 aliphatic heterocycles. The minimum absolute atomic E-state index is 0.0647. The van der Waals surface area contributed by atoms with Crippen LogP contribution in [0.15, 0.2) is 42.5 Å². The summed E-state index contributed by atoms with van der Waals surface area (Å²) in [6.45, 7) is 1.79. The SMILES string of the molecule is CC(NC(CO)Cc1ccc(O)cc1)c1cc(O)ccc1O. The maximum atomic E-state index is 9.87. The number of benzene rings is 2. The van der Waals surface area contributed by atoms with E-state index in [2.05, 4.69) is 5.32 Å².